The second-order valence-corrected chi connectivity index (χ2v) is 5.80. The average molecular weight is 302 g/mol. The maximum atomic E-state index is 5.81. The highest BCUT2D eigenvalue weighted by Gasteiger charge is 2.25. The normalized spacial score (nSPS) is 19.3. The van der Waals surface area contributed by atoms with Crippen LogP contribution in [0, 0.1) is 13.8 Å². The van der Waals surface area contributed by atoms with Crippen LogP contribution in [0.5, 0.6) is 5.75 Å². The number of hydrogen-bond donors (Lipinski definition) is 1. The minimum atomic E-state index is 0.159. The van der Waals surface area contributed by atoms with Gasteiger partial charge in [0.1, 0.15) is 5.75 Å². The quantitative estimate of drug-likeness (QED) is 0.930. The Bertz CT molecular complexity index is 641. The number of likely N-dealkylation sites (N-methyl/N-ethyl adjacent to an activating group) is 1. The van der Waals surface area contributed by atoms with Gasteiger partial charge in [-0.2, -0.15) is 4.98 Å². The molecule has 1 fully saturated rings. The first-order valence-corrected chi connectivity index (χ1v) is 7.57. The Morgan fingerprint density at radius 3 is 3.09 bits per heavy atom. The standard InChI is InChI=1S/C16H22N4O2/c1-11-4-5-12(2)14(8-11)21-10-15-18-16(19-22-15)13-9-17-6-7-20(13)3/h4-5,8,13,17H,6-7,9-10H2,1-3H3. The molecular weight excluding hydrogens is 280 g/mol. The van der Waals surface area contributed by atoms with Crippen LogP contribution in [-0.2, 0) is 6.61 Å². The van der Waals surface area contributed by atoms with E-state index in [1.54, 1.807) is 0 Å². The summed E-state index contributed by atoms with van der Waals surface area (Å²) in [6.45, 7) is 7.18. The molecule has 0 radical (unpaired) electrons. The molecule has 2 aromatic rings. The van der Waals surface area contributed by atoms with E-state index in [2.05, 4.69) is 33.5 Å². The third-order valence-corrected chi connectivity index (χ3v) is 3.99. The van der Waals surface area contributed by atoms with Crippen molar-refractivity contribution in [1.29, 1.82) is 0 Å². The zero-order valence-corrected chi connectivity index (χ0v) is 13.3. The highest BCUT2D eigenvalue weighted by molar-refractivity contribution is 5.35. The topological polar surface area (TPSA) is 63.4 Å². The third kappa shape index (κ3) is 3.28. The van der Waals surface area contributed by atoms with Gasteiger partial charge < -0.3 is 14.6 Å². The van der Waals surface area contributed by atoms with E-state index in [4.69, 9.17) is 9.26 Å². The molecule has 0 bridgehead atoms. The van der Waals surface area contributed by atoms with E-state index in [9.17, 15) is 0 Å². The lowest BCUT2D eigenvalue weighted by Gasteiger charge is -2.30. The maximum absolute atomic E-state index is 5.81. The van der Waals surface area contributed by atoms with E-state index in [1.165, 1.54) is 5.56 Å². The number of rotatable bonds is 4. The lowest BCUT2D eigenvalue weighted by atomic mass is 10.1. The number of aromatic nitrogens is 2. The second kappa shape index (κ2) is 6.46. The van der Waals surface area contributed by atoms with Gasteiger partial charge in [-0.3, -0.25) is 4.90 Å². The van der Waals surface area contributed by atoms with Crippen LogP contribution in [0.15, 0.2) is 22.7 Å². The minimum absolute atomic E-state index is 0.159. The maximum Gasteiger partial charge on any atom is 0.264 e. The molecule has 1 aliphatic rings. The van der Waals surface area contributed by atoms with Gasteiger partial charge in [0.05, 0.1) is 6.04 Å². The van der Waals surface area contributed by atoms with Crippen molar-refractivity contribution < 1.29 is 9.26 Å². The SMILES string of the molecule is Cc1ccc(C)c(OCc2nc(C3CNCCN3C)no2)c1. The van der Waals surface area contributed by atoms with E-state index in [1.807, 2.05) is 26.0 Å². The van der Waals surface area contributed by atoms with Crippen molar-refractivity contribution in [1.82, 2.24) is 20.4 Å². The monoisotopic (exact) mass is 302 g/mol. The molecule has 6 nitrogen and oxygen atoms in total. The number of nitrogens with zero attached hydrogens (tertiary/aromatic N) is 3. The number of hydrogen-bond acceptors (Lipinski definition) is 6. The summed E-state index contributed by atoms with van der Waals surface area (Å²) in [7, 11) is 2.08. The van der Waals surface area contributed by atoms with E-state index < -0.39 is 0 Å². The second-order valence-electron chi connectivity index (χ2n) is 5.80. The fourth-order valence-corrected chi connectivity index (χ4v) is 2.56. The molecule has 0 aliphatic carbocycles. The van der Waals surface area contributed by atoms with Crippen molar-refractivity contribution in [3.63, 3.8) is 0 Å². The minimum Gasteiger partial charge on any atom is -0.483 e. The smallest absolute Gasteiger partial charge is 0.264 e. The van der Waals surface area contributed by atoms with Crippen molar-refractivity contribution in [3.05, 3.63) is 41.0 Å². The predicted molar refractivity (Wildman–Crippen MR) is 82.8 cm³/mol. The zero-order chi connectivity index (χ0) is 15.5. The molecule has 2 heterocycles. The van der Waals surface area contributed by atoms with Gasteiger partial charge >= 0.3 is 0 Å². The van der Waals surface area contributed by atoms with Crippen molar-refractivity contribution in [3.8, 4) is 5.75 Å². The van der Waals surface area contributed by atoms with Gasteiger partial charge in [-0.1, -0.05) is 17.3 Å². The Kier molecular flexibility index (Phi) is 4.40. The van der Waals surface area contributed by atoms with E-state index >= 15 is 0 Å². The Balaban J connectivity index is 1.65. The zero-order valence-electron chi connectivity index (χ0n) is 13.3. The van der Waals surface area contributed by atoms with Crippen LogP contribution in [0.4, 0.5) is 0 Å². The average Bonchev–Trinajstić information content (AvgIpc) is 2.97. The highest BCUT2D eigenvalue weighted by Crippen LogP contribution is 2.21. The fourth-order valence-electron chi connectivity index (χ4n) is 2.56. The molecule has 1 aromatic heterocycles. The lowest BCUT2D eigenvalue weighted by molar-refractivity contribution is 0.189. The largest absolute Gasteiger partial charge is 0.483 e. The molecule has 118 valence electrons. The summed E-state index contributed by atoms with van der Waals surface area (Å²) in [5.74, 6) is 2.08. The molecule has 22 heavy (non-hydrogen) atoms. The molecule has 6 heteroatoms. The molecular formula is C16H22N4O2. The Labute approximate surface area is 130 Å². The first kappa shape index (κ1) is 15.0. The molecule has 1 N–H and O–H groups in total. The summed E-state index contributed by atoms with van der Waals surface area (Å²) in [6, 6.07) is 6.30. The van der Waals surface area contributed by atoms with Crippen molar-refractivity contribution in [2.45, 2.75) is 26.5 Å². The highest BCUT2D eigenvalue weighted by atomic mass is 16.5. The van der Waals surface area contributed by atoms with Gasteiger partial charge in [-0.15, -0.1) is 0 Å². The van der Waals surface area contributed by atoms with Gasteiger partial charge in [0.15, 0.2) is 12.4 Å². The van der Waals surface area contributed by atoms with Crippen LogP contribution in [0.2, 0.25) is 0 Å². The summed E-state index contributed by atoms with van der Waals surface area (Å²) in [5.41, 5.74) is 2.27. The summed E-state index contributed by atoms with van der Waals surface area (Å²) < 4.78 is 11.1. The van der Waals surface area contributed by atoms with E-state index in [-0.39, 0.29) is 6.04 Å². The molecule has 0 saturated carbocycles. The first-order valence-electron chi connectivity index (χ1n) is 7.57. The Morgan fingerprint density at radius 2 is 2.27 bits per heavy atom. The number of piperazine rings is 1. The number of nitrogens with one attached hydrogen (secondary N) is 1. The Morgan fingerprint density at radius 1 is 1.41 bits per heavy atom. The summed E-state index contributed by atoms with van der Waals surface area (Å²) in [6.07, 6.45) is 0. The van der Waals surface area contributed by atoms with Crippen LogP contribution >= 0.6 is 0 Å². The van der Waals surface area contributed by atoms with Crippen LogP contribution in [0.3, 0.4) is 0 Å². The summed E-state index contributed by atoms with van der Waals surface area (Å²) in [4.78, 5) is 6.70. The van der Waals surface area contributed by atoms with Gasteiger partial charge in [-0.25, -0.2) is 0 Å². The van der Waals surface area contributed by atoms with E-state index in [0.717, 1.165) is 30.9 Å². The van der Waals surface area contributed by atoms with Crippen molar-refractivity contribution >= 4 is 0 Å². The molecule has 0 amide bonds. The fraction of sp³-hybridized carbons (Fsp3) is 0.500. The van der Waals surface area contributed by atoms with Crippen LogP contribution in [0.1, 0.15) is 28.9 Å². The molecule has 1 aliphatic heterocycles. The molecule has 1 aromatic carbocycles. The number of aryl methyl sites for hydroxylation is 2. The summed E-state index contributed by atoms with van der Waals surface area (Å²) in [5, 5.41) is 7.44. The van der Waals surface area contributed by atoms with E-state index in [0.29, 0.717) is 18.3 Å². The van der Waals surface area contributed by atoms with Crippen molar-refractivity contribution in [2.24, 2.45) is 0 Å². The van der Waals surface area contributed by atoms with Gasteiger partial charge in [-0.05, 0) is 38.1 Å². The number of ether oxygens (including phenoxy) is 1. The molecule has 3 rings (SSSR count). The van der Waals surface area contributed by atoms with Gasteiger partial charge in [0.2, 0.25) is 0 Å². The molecule has 1 atom stereocenters. The van der Waals surface area contributed by atoms with Crippen molar-refractivity contribution in [2.75, 3.05) is 26.7 Å². The molecule has 0 spiro atoms. The molecule has 1 saturated heterocycles. The Hall–Kier alpha value is -1.92. The number of benzene rings is 1. The predicted octanol–water partition coefficient (Wildman–Crippen LogP) is 1.84. The molecule has 1 unspecified atom stereocenters. The van der Waals surface area contributed by atoms with Gasteiger partial charge in [0, 0.05) is 19.6 Å². The lowest BCUT2D eigenvalue weighted by Crippen LogP contribution is -2.44. The third-order valence-electron chi connectivity index (χ3n) is 3.99. The summed E-state index contributed by atoms with van der Waals surface area (Å²) >= 11 is 0. The van der Waals surface area contributed by atoms with Crippen LogP contribution < -0.4 is 10.1 Å². The first-order chi connectivity index (χ1) is 10.6. The van der Waals surface area contributed by atoms with Gasteiger partial charge in [0.25, 0.3) is 5.89 Å². The van der Waals surface area contributed by atoms with Crippen LogP contribution in [0.25, 0.3) is 0 Å². The van der Waals surface area contributed by atoms with Crippen LogP contribution in [-0.4, -0.2) is 41.7 Å².